The van der Waals surface area contributed by atoms with Crippen LogP contribution in [-0.2, 0) is 11.2 Å². The molecule has 1 saturated heterocycles. The topological polar surface area (TPSA) is 80.5 Å². The minimum Gasteiger partial charge on any atom is -0.444 e. The van der Waals surface area contributed by atoms with Crippen molar-refractivity contribution in [2.75, 3.05) is 13.1 Å². The molecule has 1 aromatic rings. The third-order valence-electron chi connectivity index (χ3n) is 4.13. The maximum absolute atomic E-state index is 12.4. The minimum absolute atomic E-state index is 0.189. The average molecular weight is 338 g/mol. The summed E-state index contributed by atoms with van der Waals surface area (Å²) in [6, 6.07) is 0.547. The molecule has 7 heteroatoms. The Morgan fingerprint density at radius 2 is 2.29 bits per heavy atom. The van der Waals surface area contributed by atoms with Crippen molar-refractivity contribution in [3.8, 4) is 0 Å². The van der Waals surface area contributed by atoms with Gasteiger partial charge in [0, 0.05) is 31.6 Å². The van der Waals surface area contributed by atoms with Gasteiger partial charge in [0.25, 0.3) is 0 Å². The number of likely N-dealkylation sites (tertiary alicyclic amines) is 1. The summed E-state index contributed by atoms with van der Waals surface area (Å²) in [4.78, 5) is 18.4. The van der Waals surface area contributed by atoms with E-state index in [1.165, 1.54) is 12.8 Å². The van der Waals surface area contributed by atoms with E-state index >= 15 is 0 Å². The molecule has 2 heterocycles. The van der Waals surface area contributed by atoms with Crippen molar-refractivity contribution in [2.24, 2.45) is 0 Å². The summed E-state index contributed by atoms with van der Waals surface area (Å²) >= 11 is 0. The van der Waals surface area contributed by atoms with Crippen molar-refractivity contribution in [1.82, 2.24) is 20.4 Å². The Morgan fingerprint density at radius 1 is 1.50 bits per heavy atom. The predicted molar refractivity (Wildman–Crippen MR) is 90.7 cm³/mol. The molecule has 0 aliphatic carbocycles. The summed E-state index contributed by atoms with van der Waals surface area (Å²) in [7, 11) is 0. The number of carbonyl (C=O) groups excluding carboxylic acids is 1. The molecular formula is C17H30N4O3. The first-order chi connectivity index (χ1) is 11.3. The summed E-state index contributed by atoms with van der Waals surface area (Å²) in [5, 5.41) is 7.28. The molecule has 1 aliphatic heterocycles. The zero-order chi connectivity index (χ0) is 17.6. The summed E-state index contributed by atoms with van der Waals surface area (Å²) in [6.07, 6.45) is 6.07. The zero-order valence-corrected chi connectivity index (χ0v) is 15.2. The lowest BCUT2D eigenvalue weighted by Gasteiger charge is -2.38. The number of hydrogen-bond acceptors (Lipinski definition) is 6. The van der Waals surface area contributed by atoms with E-state index in [1.807, 2.05) is 25.7 Å². The first kappa shape index (κ1) is 18.7. The van der Waals surface area contributed by atoms with Crippen molar-refractivity contribution < 1.29 is 14.1 Å². The quantitative estimate of drug-likeness (QED) is 0.859. The molecule has 0 radical (unpaired) electrons. The fourth-order valence-electron chi connectivity index (χ4n) is 3.03. The second kappa shape index (κ2) is 8.46. The van der Waals surface area contributed by atoms with Gasteiger partial charge in [0.15, 0.2) is 5.82 Å². The Hall–Kier alpha value is -1.63. The SMILES string of the molecule is CC(CC1CCCCN1C(=O)OC(C)(C)C)NCCc1ncon1. The molecule has 1 aromatic heterocycles. The molecule has 136 valence electrons. The summed E-state index contributed by atoms with van der Waals surface area (Å²) < 4.78 is 10.3. The fraction of sp³-hybridized carbons (Fsp3) is 0.824. The van der Waals surface area contributed by atoms with E-state index in [-0.39, 0.29) is 12.1 Å². The standard InChI is InChI=1S/C17H30N4O3/c1-13(18-9-8-15-19-12-23-20-15)11-14-7-5-6-10-21(14)16(22)24-17(2,3)4/h12-14,18H,5-11H2,1-4H3. The van der Waals surface area contributed by atoms with Crippen LogP contribution in [0.2, 0.25) is 0 Å². The third-order valence-corrected chi connectivity index (χ3v) is 4.13. The van der Waals surface area contributed by atoms with Crippen LogP contribution in [-0.4, -0.2) is 51.9 Å². The van der Waals surface area contributed by atoms with Crippen LogP contribution in [0.5, 0.6) is 0 Å². The second-order valence-electron chi connectivity index (χ2n) is 7.51. The lowest BCUT2D eigenvalue weighted by atomic mass is 9.96. The van der Waals surface area contributed by atoms with Gasteiger partial charge in [-0.15, -0.1) is 0 Å². The summed E-state index contributed by atoms with van der Waals surface area (Å²) in [5.41, 5.74) is -0.451. The maximum Gasteiger partial charge on any atom is 0.410 e. The van der Waals surface area contributed by atoms with Crippen molar-refractivity contribution in [2.45, 2.75) is 77.5 Å². The Kier molecular flexibility index (Phi) is 6.60. The first-order valence-corrected chi connectivity index (χ1v) is 8.83. The number of rotatable bonds is 6. The smallest absolute Gasteiger partial charge is 0.410 e. The van der Waals surface area contributed by atoms with Gasteiger partial charge in [0.05, 0.1) is 0 Å². The Bertz CT molecular complexity index is 498. The van der Waals surface area contributed by atoms with Crippen molar-refractivity contribution in [1.29, 1.82) is 0 Å². The fourth-order valence-corrected chi connectivity index (χ4v) is 3.03. The Balaban J connectivity index is 1.80. The van der Waals surface area contributed by atoms with Crippen LogP contribution in [0.15, 0.2) is 10.9 Å². The van der Waals surface area contributed by atoms with Crippen LogP contribution in [0.3, 0.4) is 0 Å². The van der Waals surface area contributed by atoms with Crippen LogP contribution in [0.4, 0.5) is 4.79 Å². The molecule has 0 bridgehead atoms. The van der Waals surface area contributed by atoms with Gasteiger partial charge < -0.3 is 19.5 Å². The monoisotopic (exact) mass is 338 g/mol. The van der Waals surface area contributed by atoms with E-state index in [0.29, 0.717) is 11.9 Å². The number of carbonyl (C=O) groups is 1. The normalized spacial score (nSPS) is 20.0. The third kappa shape index (κ3) is 6.11. The molecule has 2 atom stereocenters. The summed E-state index contributed by atoms with van der Waals surface area (Å²) in [6.45, 7) is 9.46. The molecule has 0 aromatic carbocycles. The number of ether oxygens (including phenoxy) is 1. The molecule has 1 N–H and O–H groups in total. The molecule has 2 unspecified atom stereocenters. The highest BCUT2D eigenvalue weighted by molar-refractivity contribution is 5.68. The molecule has 24 heavy (non-hydrogen) atoms. The number of aromatic nitrogens is 2. The van der Waals surface area contributed by atoms with E-state index in [2.05, 4.69) is 22.4 Å². The minimum atomic E-state index is -0.451. The summed E-state index contributed by atoms with van der Waals surface area (Å²) in [5.74, 6) is 0.711. The number of hydrogen-bond donors (Lipinski definition) is 1. The number of nitrogens with zero attached hydrogens (tertiary/aromatic N) is 3. The highest BCUT2D eigenvalue weighted by Crippen LogP contribution is 2.23. The molecular weight excluding hydrogens is 308 g/mol. The molecule has 1 fully saturated rings. The van der Waals surface area contributed by atoms with E-state index in [1.54, 1.807) is 0 Å². The lowest BCUT2D eigenvalue weighted by molar-refractivity contribution is 0.00792. The molecule has 0 saturated carbocycles. The van der Waals surface area contributed by atoms with Crippen LogP contribution in [0.1, 0.15) is 59.2 Å². The predicted octanol–water partition coefficient (Wildman–Crippen LogP) is 2.77. The molecule has 7 nitrogen and oxygen atoms in total. The Morgan fingerprint density at radius 3 is 2.96 bits per heavy atom. The number of nitrogens with one attached hydrogen (secondary N) is 1. The van der Waals surface area contributed by atoms with Crippen molar-refractivity contribution >= 4 is 6.09 Å². The van der Waals surface area contributed by atoms with Gasteiger partial charge in [-0.1, -0.05) is 5.16 Å². The van der Waals surface area contributed by atoms with Gasteiger partial charge >= 0.3 is 6.09 Å². The lowest BCUT2D eigenvalue weighted by Crippen LogP contribution is -2.48. The van der Waals surface area contributed by atoms with Crippen LogP contribution in [0, 0.1) is 0 Å². The van der Waals surface area contributed by atoms with Crippen molar-refractivity contribution in [3.05, 3.63) is 12.2 Å². The van der Waals surface area contributed by atoms with Gasteiger partial charge in [-0.2, -0.15) is 4.98 Å². The van der Waals surface area contributed by atoms with E-state index in [4.69, 9.17) is 9.26 Å². The molecule has 0 spiro atoms. The van der Waals surface area contributed by atoms with Gasteiger partial charge in [-0.25, -0.2) is 4.79 Å². The molecule has 1 aliphatic rings. The van der Waals surface area contributed by atoms with Crippen molar-refractivity contribution in [3.63, 3.8) is 0 Å². The highest BCUT2D eigenvalue weighted by Gasteiger charge is 2.31. The van der Waals surface area contributed by atoms with Gasteiger partial charge in [0.2, 0.25) is 6.39 Å². The van der Waals surface area contributed by atoms with Crippen LogP contribution < -0.4 is 5.32 Å². The van der Waals surface area contributed by atoms with Crippen LogP contribution in [0.25, 0.3) is 0 Å². The first-order valence-electron chi connectivity index (χ1n) is 8.83. The number of piperidine rings is 1. The number of amides is 1. The average Bonchev–Trinajstić information content (AvgIpc) is 2.99. The largest absolute Gasteiger partial charge is 0.444 e. The van der Waals surface area contributed by atoms with E-state index in [0.717, 1.165) is 38.8 Å². The van der Waals surface area contributed by atoms with Gasteiger partial charge in [0.1, 0.15) is 5.60 Å². The Labute approximate surface area is 144 Å². The van der Waals surface area contributed by atoms with E-state index < -0.39 is 5.60 Å². The van der Waals surface area contributed by atoms with Gasteiger partial charge in [-0.05, 0) is 53.4 Å². The maximum atomic E-state index is 12.4. The molecule has 2 rings (SSSR count). The van der Waals surface area contributed by atoms with E-state index in [9.17, 15) is 4.79 Å². The molecule has 1 amide bonds. The van der Waals surface area contributed by atoms with Crippen LogP contribution >= 0.6 is 0 Å². The van der Waals surface area contributed by atoms with Gasteiger partial charge in [-0.3, -0.25) is 0 Å². The second-order valence-corrected chi connectivity index (χ2v) is 7.51. The highest BCUT2D eigenvalue weighted by atomic mass is 16.6. The zero-order valence-electron chi connectivity index (χ0n) is 15.2.